The molecule has 2 aliphatic heterocycles. The van der Waals surface area contributed by atoms with Crippen LogP contribution in [0.5, 0.6) is 0 Å². The number of hydrogen-bond acceptors (Lipinski definition) is 3. The maximum Gasteiger partial charge on any atom is 0.308 e. The van der Waals surface area contributed by atoms with Gasteiger partial charge < -0.3 is 15.3 Å². The first kappa shape index (κ1) is 13.9. The van der Waals surface area contributed by atoms with Crippen molar-refractivity contribution in [1.82, 2.24) is 4.90 Å². The first-order chi connectivity index (χ1) is 10.1. The molecule has 2 heterocycles. The summed E-state index contributed by atoms with van der Waals surface area (Å²) in [6.07, 6.45) is 2.18. The largest absolute Gasteiger partial charge is 0.481 e. The van der Waals surface area contributed by atoms with Crippen LogP contribution < -0.4 is 5.32 Å². The van der Waals surface area contributed by atoms with Gasteiger partial charge in [-0.1, -0.05) is 18.2 Å². The van der Waals surface area contributed by atoms with E-state index in [1.54, 1.807) is 4.90 Å². The van der Waals surface area contributed by atoms with E-state index in [-0.39, 0.29) is 11.8 Å². The van der Waals surface area contributed by atoms with Crippen molar-refractivity contribution >= 4 is 17.6 Å². The number of carbonyl (C=O) groups excluding carboxylic acids is 1. The molecule has 2 atom stereocenters. The summed E-state index contributed by atoms with van der Waals surface area (Å²) in [7, 11) is 0. The molecule has 21 heavy (non-hydrogen) atoms. The molecular formula is C16H20N2O3. The van der Waals surface area contributed by atoms with Crippen LogP contribution in [0.25, 0.3) is 0 Å². The zero-order valence-corrected chi connectivity index (χ0v) is 11.9. The van der Waals surface area contributed by atoms with E-state index in [4.69, 9.17) is 5.11 Å². The first-order valence-electron chi connectivity index (χ1n) is 7.48. The minimum Gasteiger partial charge on any atom is -0.481 e. The van der Waals surface area contributed by atoms with Crippen LogP contribution in [-0.4, -0.2) is 41.5 Å². The summed E-state index contributed by atoms with van der Waals surface area (Å²) in [5.74, 6) is -1.21. The number of fused-ring (bicyclic) bond motifs is 1. The molecule has 0 aliphatic carbocycles. The van der Waals surface area contributed by atoms with Gasteiger partial charge in [-0.05, 0) is 30.9 Å². The summed E-state index contributed by atoms with van der Waals surface area (Å²) in [6, 6.07) is 8.03. The number of benzene rings is 1. The Morgan fingerprint density at radius 2 is 2.05 bits per heavy atom. The Kier molecular flexibility index (Phi) is 3.82. The second-order valence-corrected chi connectivity index (χ2v) is 5.90. The number of carbonyl (C=O) groups is 2. The van der Waals surface area contributed by atoms with Gasteiger partial charge >= 0.3 is 5.97 Å². The van der Waals surface area contributed by atoms with Crippen LogP contribution in [-0.2, 0) is 16.0 Å². The van der Waals surface area contributed by atoms with Gasteiger partial charge in [0.25, 0.3) is 0 Å². The Balaban J connectivity index is 1.67. The summed E-state index contributed by atoms with van der Waals surface area (Å²) >= 11 is 0. The number of piperidine rings is 1. The number of rotatable bonds is 2. The molecule has 0 spiro atoms. The number of anilines is 1. The Bertz CT molecular complexity index is 558. The smallest absolute Gasteiger partial charge is 0.308 e. The van der Waals surface area contributed by atoms with E-state index in [1.165, 1.54) is 0 Å². The van der Waals surface area contributed by atoms with Crippen molar-refractivity contribution in [3.05, 3.63) is 29.8 Å². The fourth-order valence-electron chi connectivity index (χ4n) is 3.25. The maximum atomic E-state index is 12.6. The van der Waals surface area contributed by atoms with Gasteiger partial charge in [0.05, 0.1) is 11.8 Å². The highest BCUT2D eigenvalue weighted by Crippen LogP contribution is 2.27. The van der Waals surface area contributed by atoms with Gasteiger partial charge in [-0.15, -0.1) is 0 Å². The lowest BCUT2D eigenvalue weighted by Gasteiger charge is -2.35. The molecule has 0 aromatic heterocycles. The van der Waals surface area contributed by atoms with Crippen LogP contribution in [0.2, 0.25) is 0 Å². The fraction of sp³-hybridized carbons (Fsp3) is 0.500. The average Bonchev–Trinajstić information content (AvgIpc) is 2.53. The van der Waals surface area contributed by atoms with Crippen molar-refractivity contribution in [2.75, 3.05) is 25.0 Å². The van der Waals surface area contributed by atoms with Crippen molar-refractivity contribution in [2.24, 2.45) is 11.8 Å². The SMILES string of the molecule is O=C(O)[C@@H]1CCCN(C(=O)C2CNc3ccccc3C2)C1. The third kappa shape index (κ3) is 2.86. The number of likely N-dealkylation sites (tertiary alicyclic amines) is 1. The lowest BCUT2D eigenvalue weighted by atomic mass is 9.91. The van der Waals surface area contributed by atoms with Crippen molar-refractivity contribution in [2.45, 2.75) is 19.3 Å². The summed E-state index contributed by atoms with van der Waals surface area (Å²) in [4.78, 5) is 25.5. The monoisotopic (exact) mass is 288 g/mol. The van der Waals surface area contributed by atoms with Crippen LogP contribution in [0.1, 0.15) is 18.4 Å². The Morgan fingerprint density at radius 3 is 2.86 bits per heavy atom. The minimum absolute atomic E-state index is 0.0861. The average molecular weight is 288 g/mol. The van der Waals surface area contributed by atoms with Crippen LogP contribution >= 0.6 is 0 Å². The highest BCUT2D eigenvalue weighted by molar-refractivity contribution is 5.82. The van der Waals surface area contributed by atoms with E-state index >= 15 is 0 Å². The van der Waals surface area contributed by atoms with Crippen molar-refractivity contribution in [3.63, 3.8) is 0 Å². The summed E-state index contributed by atoms with van der Waals surface area (Å²) < 4.78 is 0. The molecule has 2 aliphatic rings. The Morgan fingerprint density at radius 1 is 1.24 bits per heavy atom. The molecular weight excluding hydrogens is 268 g/mol. The summed E-state index contributed by atoms with van der Waals surface area (Å²) in [6.45, 7) is 1.66. The van der Waals surface area contributed by atoms with Crippen molar-refractivity contribution in [1.29, 1.82) is 0 Å². The van der Waals surface area contributed by atoms with Gasteiger partial charge in [-0.25, -0.2) is 0 Å². The number of hydrogen-bond donors (Lipinski definition) is 2. The van der Waals surface area contributed by atoms with Crippen LogP contribution in [0, 0.1) is 11.8 Å². The van der Waals surface area contributed by atoms with Gasteiger partial charge in [-0.2, -0.15) is 0 Å². The molecule has 5 nitrogen and oxygen atoms in total. The molecule has 1 saturated heterocycles. The van der Waals surface area contributed by atoms with Crippen LogP contribution in [0.4, 0.5) is 5.69 Å². The summed E-state index contributed by atoms with van der Waals surface area (Å²) in [5.41, 5.74) is 2.26. The molecule has 1 aromatic carbocycles. The molecule has 3 rings (SSSR count). The lowest BCUT2D eigenvalue weighted by molar-refractivity contribution is -0.146. The highest BCUT2D eigenvalue weighted by Gasteiger charge is 2.33. The van der Waals surface area contributed by atoms with E-state index in [0.717, 1.165) is 24.1 Å². The molecule has 0 radical (unpaired) electrons. The van der Waals surface area contributed by atoms with Gasteiger partial charge in [0.2, 0.25) is 5.91 Å². The molecule has 5 heteroatoms. The number of aliphatic carboxylic acids is 1. The molecule has 1 fully saturated rings. The first-order valence-corrected chi connectivity index (χ1v) is 7.48. The third-order valence-electron chi connectivity index (χ3n) is 4.45. The van der Waals surface area contributed by atoms with Crippen molar-refractivity contribution in [3.8, 4) is 0 Å². The molecule has 1 amide bonds. The fourth-order valence-corrected chi connectivity index (χ4v) is 3.25. The third-order valence-corrected chi connectivity index (χ3v) is 4.45. The molecule has 2 N–H and O–H groups in total. The van der Waals surface area contributed by atoms with E-state index in [2.05, 4.69) is 5.32 Å². The topological polar surface area (TPSA) is 69.6 Å². The minimum atomic E-state index is -0.792. The standard InChI is InChI=1S/C16H20N2O3/c19-15(18-7-3-5-12(10-18)16(20)21)13-8-11-4-1-2-6-14(11)17-9-13/h1-2,4,6,12-13,17H,3,5,7-10H2,(H,20,21)/t12-,13?/m1/s1. The lowest BCUT2D eigenvalue weighted by Crippen LogP contribution is -2.47. The second-order valence-electron chi connectivity index (χ2n) is 5.90. The number of amides is 1. The number of carboxylic acid groups (broad SMARTS) is 1. The van der Waals surface area contributed by atoms with Crippen molar-refractivity contribution < 1.29 is 14.7 Å². The van der Waals surface area contributed by atoms with Crippen LogP contribution in [0.3, 0.4) is 0 Å². The quantitative estimate of drug-likeness (QED) is 0.867. The number of para-hydroxylation sites is 1. The number of nitrogens with zero attached hydrogens (tertiary/aromatic N) is 1. The number of carboxylic acids is 1. The van der Waals surface area contributed by atoms with E-state index in [1.807, 2.05) is 24.3 Å². The predicted molar refractivity (Wildman–Crippen MR) is 79.1 cm³/mol. The normalized spacial score (nSPS) is 24.9. The maximum absolute atomic E-state index is 12.6. The van der Waals surface area contributed by atoms with Gasteiger partial charge in [0.1, 0.15) is 0 Å². The van der Waals surface area contributed by atoms with Gasteiger partial charge in [0.15, 0.2) is 0 Å². The zero-order chi connectivity index (χ0) is 14.8. The number of nitrogens with one attached hydrogen (secondary N) is 1. The molecule has 0 bridgehead atoms. The molecule has 112 valence electrons. The highest BCUT2D eigenvalue weighted by atomic mass is 16.4. The van der Waals surface area contributed by atoms with E-state index in [0.29, 0.717) is 26.1 Å². The van der Waals surface area contributed by atoms with E-state index in [9.17, 15) is 9.59 Å². The second kappa shape index (κ2) is 5.76. The van der Waals surface area contributed by atoms with E-state index < -0.39 is 11.9 Å². The van der Waals surface area contributed by atoms with Crippen LogP contribution in [0.15, 0.2) is 24.3 Å². The predicted octanol–water partition coefficient (Wildman–Crippen LogP) is 1.59. The summed E-state index contributed by atoms with van der Waals surface area (Å²) in [5, 5.41) is 12.4. The van der Waals surface area contributed by atoms with Gasteiger partial charge in [0, 0.05) is 25.3 Å². The molecule has 0 saturated carbocycles. The Hall–Kier alpha value is -2.04. The Labute approximate surface area is 123 Å². The zero-order valence-electron chi connectivity index (χ0n) is 11.9. The molecule has 1 unspecified atom stereocenters. The molecule has 1 aromatic rings. The van der Waals surface area contributed by atoms with Gasteiger partial charge in [-0.3, -0.25) is 9.59 Å².